The van der Waals surface area contributed by atoms with E-state index in [9.17, 15) is 4.79 Å². The first kappa shape index (κ1) is 18.3. The fraction of sp³-hybridized carbons (Fsp3) is 0.353. The standard InChI is InChI=1S/C17H20Cl2N2OS/c1-3-21(10-14-5-4-8-23-14)11-17(22)20-12(2)15-7-6-13(18)9-16(15)19/h4-9,12H,3,10-11H2,1-2H3,(H,20,22)/p+1/t12-/m0/s1. The zero-order valence-electron chi connectivity index (χ0n) is 13.2. The summed E-state index contributed by atoms with van der Waals surface area (Å²) >= 11 is 13.8. The second kappa shape index (κ2) is 8.69. The minimum atomic E-state index is -0.146. The molecule has 1 heterocycles. The monoisotopic (exact) mass is 371 g/mol. The Morgan fingerprint density at radius 3 is 2.74 bits per heavy atom. The van der Waals surface area contributed by atoms with Crippen molar-refractivity contribution >= 4 is 40.4 Å². The number of hydrogen-bond donors (Lipinski definition) is 2. The minimum absolute atomic E-state index is 0.0249. The molecule has 3 nitrogen and oxygen atoms in total. The predicted molar refractivity (Wildman–Crippen MR) is 97.4 cm³/mol. The van der Waals surface area contributed by atoms with Crippen LogP contribution in [-0.4, -0.2) is 19.0 Å². The average Bonchev–Trinajstić information content (AvgIpc) is 2.99. The van der Waals surface area contributed by atoms with Crippen molar-refractivity contribution in [2.24, 2.45) is 0 Å². The van der Waals surface area contributed by atoms with E-state index in [-0.39, 0.29) is 11.9 Å². The lowest BCUT2D eigenvalue weighted by Gasteiger charge is -2.19. The first-order valence-electron chi connectivity index (χ1n) is 7.59. The number of rotatable bonds is 7. The summed E-state index contributed by atoms with van der Waals surface area (Å²) < 4.78 is 0. The number of hydrogen-bond acceptors (Lipinski definition) is 2. The van der Waals surface area contributed by atoms with Crippen LogP contribution in [0.25, 0.3) is 0 Å². The predicted octanol–water partition coefficient (Wildman–Crippen LogP) is 3.34. The highest BCUT2D eigenvalue weighted by Crippen LogP contribution is 2.25. The molecule has 1 amide bonds. The van der Waals surface area contributed by atoms with E-state index in [1.54, 1.807) is 23.5 Å². The molecule has 1 aromatic carbocycles. The largest absolute Gasteiger partial charge is 0.345 e. The summed E-state index contributed by atoms with van der Waals surface area (Å²) in [7, 11) is 0. The van der Waals surface area contributed by atoms with E-state index in [2.05, 4.69) is 23.7 Å². The Kier molecular flexibility index (Phi) is 6.90. The van der Waals surface area contributed by atoms with Gasteiger partial charge in [-0.05, 0) is 43.0 Å². The summed E-state index contributed by atoms with van der Waals surface area (Å²) in [5, 5.41) is 6.24. The van der Waals surface area contributed by atoms with Crippen LogP contribution in [0.4, 0.5) is 0 Å². The summed E-state index contributed by atoms with van der Waals surface area (Å²) in [6.45, 7) is 6.25. The fourth-order valence-electron chi connectivity index (χ4n) is 2.42. The highest BCUT2D eigenvalue weighted by Gasteiger charge is 2.17. The Morgan fingerprint density at radius 1 is 1.35 bits per heavy atom. The van der Waals surface area contributed by atoms with Gasteiger partial charge in [-0.2, -0.15) is 0 Å². The van der Waals surface area contributed by atoms with Crippen LogP contribution in [-0.2, 0) is 11.3 Å². The molecular weight excluding hydrogens is 351 g/mol. The third-order valence-electron chi connectivity index (χ3n) is 3.72. The number of quaternary nitrogens is 1. The van der Waals surface area contributed by atoms with Gasteiger partial charge < -0.3 is 10.2 Å². The fourth-order valence-corrected chi connectivity index (χ4v) is 3.77. The molecule has 124 valence electrons. The minimum Gasteiger partial charge on any atom is -0.345 e. The Balaban J connectivity index is 1.92. The Morgan fingerprint density at radius 2 is 2.13 bits per heavy atom. The summed E-state index contributed by atoms with van der Waals surface area (Å²) in [6.07, 6.45) is 0. The first-order valence-corrected chi connectivity index (χ1v) is 9.23. The van der Waals surface area contributed by atoms with E-state index in [0.717, 1.165) is 18.7 Å². The molecule has 0 aliphatic rings. The van der Waals surface area contributed by atoms with E-state index >= 15 is 0 Å². The maximum absolute atomic E-state index is 12.3. The number of carbonyl (C=O) groups is 1. The van der Waals surface area contributed by atoms with Gasteiger partial charge in [-0.1, -0.05) is 35.3 Å². The van der Waals surface area contributed by atoms with Crippen molar-refractivity contribution in [2.75, 3.05) is 13.1 Å². The van der Waals surface area contributed by atoms with Crippen molar-refractivity contribution < 1.29 is 9.69 Å². The SMILES string of the molecule is CC[NH+](CC(=O)N[C@@H](C)c1ccc(Cl)cc1Cl)Cc1cccs1. The van der Waals surface area contributed by atoms with Crippen molar-refractivity contribution in [1.29, 1.82) is 0 Å². The number of nitrogens with one attached hydrogen (secondary N) is 2. The molecule has 0 aliphatic heterocycles. The van der Waals surface area contributed by atoms with Gasteiger partial charge in [0.1, 0.15) is 6.54 Å². The van der Waals surface area contributed by atoms with Crippen LogP contribution in [0.15, 0.2) is 35.7 Å². The first-order chi connectivity index (χ1) is 11.0. The summed E-state index contributed by atoms with van der Waals surface area (Å²) in [5.41, 5.74) is 0.876. The smallest absolute Gasteiger partial charge is 0.275 e. The Labute approximate surface area is 151 Å². The number of amides is 1. The van der Waals surface area contributed by atoms with Crippen molar-refractivity contribution in [3.8, 4) is 0 Å². The lowest BCUT2D eigenvalue weighted by Crippen LogP contribution is -3.11. The quantitative estimate of drug-likeness (QED) is 0.768. The number of carbonyl (C=O) groups excluding carboxylic acids is 1. The molecule has 0 spiro atoms. The van der Waals surface area contributed by atoms with Gasteiger partial charge in [0.15, 0.2) is 6.54 Å². The van der Waals surface area contributed by atoms with Gasteiger partial charge >= 0.3 is 0 Å². The van der Waals surface area contributed by atoms with Crippen molar-refractivity contribution in [3.05, 3.63) is 56.2 Å². The molecule has 6 heteroatoms. The molecule has 0 saturated heterocycles. The molecular formula is C17H21Cl2N2OS+. The third-order valence-corrected chi connectivity index (χ3v) is 5.16. The van der Waals surface area contributed by atoms with Crippen molar-refractivity contribution in [2.45, 2.75) is 26.4 Å². The number of benzene rings is 1. The van der Waals surface area contributed by atoms with Gasteiger partial charge in [0.05, 0.1) is 17.5 Å². The number of halogens is 2. The van der Waals surface area contributed by atoms with Gasteiger partial charge in [0.2, 0.25) is 0 Å². The van der Waals surface area contributed by atoms with Crippen LogP contribution >= 0.6 is 34.5 Å². The second-order valence-corrected chi connectivity index (χ2v) is 7.37. The van der Waals surface area contributed by atoms with E-state index < -0.39 is 0 Å². The van der Waals surface area contributed by atoms with E-state index in [0.29, 0.717) is 16.6 Å². The van der Waals surface area contributed by atoms with Crippen LogP contribution in [0.5, 0.6) is 0 Å². The topological polar surface area (TPSA) is 33.5 Å². The summed E-state index contributed by atoms with van der Waals surface area (Å²) in [6, 6.07) is 9.33. The lowest BCUT2D eigenvalue weighted by molar-refractivity contribution is -0.903. The average molecular weight is 372 g/mol. The Hall–Kier alpha value is -1.07. The van der Waals surface area contributed by atoms with Gasteiger partial charge in [0.25, 0.3) is 5.91 Å². The third kappa shape index (κ3) is 5.50. The maximum Gasteiger partial charge on any atom is 0.275 e. The highest BCUT2D eigenvalue weighted by atomic mass is 35.5. The molecule has 1 unspecified atom stereocenters. The molecule has 2 rings (SSSR count). The lowest BCUT2D eigenvalue weighted by atomic mass is 10.1. The van der Waals surface area contributed by atoms with Gasteiger partial charge in [-0.25, -0.2) is 0 Å². The van der Waals surface area contributed by atoms with Crippen LogP contribution in [0.3, 0.4) is 0 Å². The van der Waals surface area contributed by atoms with Crippen molar-refractivity contribution in [3.63, 3.8) is 0 Å². The molecule has 1 aromatic heterocycles. The van der Waals surface area contributed by atoms with Crippen LogP contribution in [0.2, 0.25) is 10.0 Å². The van der Waals surface area contributed by atoms with E-state index in [4.69, 9.17) is 23.2 Å². The number of likely N-dealkylation sites (N-methyl/N-ethyl adjacent to an activating group) is 1. The van der Waals surface area contributed by atoms with Gasteiger partial charge in [0, 0.05) is 10.0 Å². The maximum atomic E-state index is 12.3. The molecule has 0 aliphatic carbocycles. The zero-order valence-corrected chi connectivity index (χ0v) is 15.6. The van der Waals surface area contributed by atoms with Crippen LogP contribution < -0.4 is 10.2 Å². The molecule has 0 saturated carbocycles. The van der Waals surface area contributed by atoms with Crippen LogP contribution in [0.1, 0.15) is 30.3 Å². The molecule has 2 N–H and O–H groups in total. The summed E-state index contributed by atoms with van der Waals surface area (Å²) in [4.78, 5) is 14.8. The highest BCUT2D eigenvalue weighted by molar-refractivity contribution is 7.09. The molecule has 2 aromatic rings. The molecule has 0 fully saturated rings. The zero-order chi connectivity index (χ0) is 16.8. The van der Waals surface area contributed by atoms with Gasteiger partial charge in [-0.15, -0.1) is 11.3 Å². The normalized spacial score (nSPS) is 13.6. The van der Waals surface area contributed by atoms with Gasteiger partial charge in [-0.3, -0.25) is 4.79 Å². The Bertz CT molecular complexity index is 646. The van der Waals surface area contributed by atoms with Crippen LogP contribution in [0, 0.1) is 0 Å². The molecule has 0 bridgehead atoms. The second-order valence-electron chi connectivity index (χ2n) is 5.49. The summed E-state index contributed by atoms with van der Waals surface area (Å²) in [5.74, 6) is 0.0249. The van der Waals surface area contributed by atoms with Crippen molar-refractivity contribution in [1.82, 2.24) is 5.32 Å². The molecule has 2 atom stereocenters. The van der Waals surface area contributed by atoms with E-state index in [1.807, 2.05) is 19.1 Å². The molecule has 23 heavy (non-hydrogen) atoms. The van der Waals surface area contributed by atoms with E-state index in [1.165, 1.54) is 9.78 Å². The molecule has 0 radical (unpaired) electrons. The number of thiophene rings is 1.